The van der Waals surface area contributed by atoms with Gasteiger partial charge in [0, 0.05) is 6.54 Å². The Labute approximate surface area is 95.2 Å². The normalized spacial score (nSPS) is 12.2. The van der Waals surface area contributed by atoms with E-state index in [1.54, 1.807) is 6.92 Å². The third-order valence-corrected chi connectivity index (χ3v) is 2.37. The molecule has 0 saturated heterocycles. The first-order valence-corrected chi connectivity index (χ1v) is 5.17. The van der Waals surface area contributed by atoms with Crippen molar-refractivity contribution in [2.75, 3.05) is 7.11 Å². The second-order valence-electron chi connectivity index (χ2n) is 3.60. The van der Waals surface area contributed by atoms with E-state index < -0.39 is 0 Å². The molecule has 16 heavy (non-hydrogen) atoms. The third-order valence-electron chi connectivity index (χ3n) is 2.37. The lowest BCUT2D eigenvalue weighted by molar-refractivity contribution is -0.142. The summed E-state index contributed by atoms with van der Waals surface area (Å²) < 4.78 is 4.60. The van der Waals surface area contributed by atoms with Gasteiger partial charge in [0.1, 0.15) is 6.04 Å². The molecule has 0 aliphatic rings. The summed E-state index contributed by atoms with van der Waals surface area (Å²) in [5.74, 6) is -0.271. The number of benzene rings is 1. The highest BCUT2D eigenvalue weighted by Gasteiger charge is 2.11. The van der Waals surface area contributed by atoms with E-state index >= 15 is 0 Å². The van der Waals surface area contributed by atoms with E-state index in [1.165, 1.54) is 7.11 Å². The van der Waals surface area contributed by atoms with E-state index in [1.807, 2.05) is 24.3 Å². The van der Waals surface area contributed by atoms with Gasteiger partial charge in [0.05, 0.1) is 13.7 Å². The van der Waals surface area contributed by atoms with Crippen LogP contribution >= 0.6 is 0 Å². The van der Waals surface area contributed by atoms with Gasteiger partial charge < -0.3 is 15.2 Å². The Morgan fingerprint density at radius 1 is 1.38 bits per heavy atom. The number of rotatable bonds is 5. The van der Waals surface area contributed by atoms with Crippen LogP contribution in [0.2, 0.25) is 0 Å². The molecule has 0 heterocycles. The average Bonchev–Trinajstić information content (AvgIpc) is 2.35. The molecule has 1 aromatic rings. The van der Waals surface area contributed by atoms with Gasteiger partial charge in [-0.2, -0.15) is 0 Å². The quantitative estimate of drug-likeness (QED) is 0.726. The van der Waals surface area contributed by atoms with Crippen molar-refractivity contribution in [1.29, 1.82) is 0 Å². The zero-order valence-electron chi connectivity index (χ0n) is 9.56. The van der Waals surface area contributed by atoms with E-state index in [-0.39, 0.29) is 18.6 Å². The second kappa shape index (κ2) is 6.25. The summed E-state index contributed by atoms with van der Waals surface area (Å²) in [6.45, 7) is 2.40. The topological polar surface area (TPSA) is 58.6 Å². The van der Waals surface area contributed by atoms with Gasteiger partial charge in [0.25, 0.3) is 0 Å². The molecule has 0 aliphatic carbocycles. The summed E-state index contributed by atoms with van der Waals surface area (Å²) in [4.78, 5) is 11.1. The molecule has 0 amide bonds. The minimum absolute atomic E-state index is 0.0479. The Balaban J connectivity index is 2.45. The molecule has 2 N–H and O–H groups in total. The van der Waals surface area contributed by atoms with Crippen molar-refractivity contribution in [2.45, 2.75) is 26.1 Å². The Bertz CT molecular complexity index is 335. The monoisotopic (exact) mass is 223 g/mol. The van der Waals surface area contributed by atoms with Crippen molar-refractivity contribution in [2.24, 2.45) is 0 Å². The van der Waals surface area contributed by atoms with Crippen LogP contribution < -0.4 is 5.32 Å². The molecule has 0 spiro atoms. The summed E-state index contributed by atoms with van der Waals surface area (Å²) in [6, 6.07) is 7.24. The lowest BCUT2D eigenvalue weighted by Crippen LogP contribution is -2.34. The lowest BCUT2D eigenvalue weighted by Gasteiger charge is -2.11. The van der Waals surface area contributed by atoms with Gasteiger partial charge in [-0.15, -0.1) is 0 Å². The summed E-state index contributed by atoms with van der Waals surface area (Å²) in [7, 11) is 1.37. The zero-order valence-corrected chi connectivity index (χ0v) is 9.56. The number of aliphatic hydroxyl groups excluding tert-OH is 1. The number of aliphatic hydroxyl groups is 1. The SMILES string of the molecule is COC(=O)C(C)NCc1ccc(CO)cc1. The highest BCUT2D eigenvalue weighted by molar-refractivity contribution is 5.75. The highest BCUT2D eigenvalue weighted by atomic mass is 16.5. The molecular weight excluding hydrogens is 206 g/mol. The van der Waals surface area contributed by atoms with E-state index in [2.05, 4.69) is 10.1 Å². The minimum atomic E-state index is -0.317. The summed E-state index contributed by atoms with van der Waals surface area (Å²) in [6.07, 6.45) is 0. The fraction of sp³-hybridized carbons (Fsp3) is 0.417. The maximum absolute atomic E-state index is 11.1. The summed E-state index contributed by atoms with van der Waals surface area (Å²) in [5.41, 5.74) is 1.94. The largest absolute Gasteiger partial charge is 0.468 e. The molecule has 0 bridgehead atoms. The molecule has 1 unspecified atom stereocenters. The lowest BCUT2D eigenvalue weighted by atomic mass is 10.1. The molecule has 88 valence electrons. The van der Waals surface area contributed by atoms with Crippen LogP contribution in [0.4, 0.5) is 0 Å². The van der Waals surface area contributed by atoms with Crippen molar-refractivity contribution in [3.05, 3.63) is 35.4 Å². The van der Waals surface area contributed by atoms with Crippen LogP contribution in [0.25, 0.3) is 0 Å². The molecule has 1 rings (SSSR count). The first-order valence-electron chi connectivity index (χ1n) is 5.17. The molecule has 0 aromatic heterocycles. The van der Waals surface area contributed by atoms with Crippen LogP contribution in [0.1, 0.15) is 18.1 Å². The molecular formula is C12H17NO3. The Morgan fingerprint density at radius 2 is 1.94 bits per heavy atom. The molecule has 1 atom stereocenters. The number of esters is 1. The minimum Gasteiger partial charge on any atom is -0.468 e. The maximum atomic E-state index is 11.1. The fourth-order valence-corrected chi connectivity index (χ4v) is 1.29. The predicted molar refractivity (Wildman–Crippen MR) is 60.7 cm³/mol. The molecule has 0 saturated carbocycles. The van der Waals surface area contributed by atoms with Crippen LogP contribution in [0, 0.1) is 0 Å². The van der Waals surface area contributed by atoms with Crippen molar-refractivity contribution < 1.29 is 14.6 Å². The highest BCUT2D eigenvalue weighted by Crippen LogP contribution is 2.04. The van der Waals surface area contributed by atoms with Crippen LogP contribution in [0.15, 0.2) is 24.3 Å². The van der Waals surface area contributed by atoms with Gasteiger partial charge in [-0.3, -0.25) is 4.79 Å². The number of carbonyl (C=O) groups excluding carboxylic acids is 1. The van der Waals surface area contributed by atoms with Crippen LogP contribution in [0.3, 0.4) is 0 Å². The molecule has 0 fully saturated rings. The smallest absolute Gasteiger partial charge is 0.322 e. The van der Waals surface area contributed by atoms with Crippen LogP contribution in [-0.2, 0) is 22.7 Å². The third kappa shape index (κ3) is 3.64. The van der Waals surface area contributed by atoms with Crippen molar-refractivity contribution in [3.63, 3.8) is 0 Å². The van der Waals surface area contributed by atoms with E-state index in [9.17, 15) is 4.79 Å². The fourth-order valence-electron chi connectivity index (χ4n) is 1.29. The zero-order chi connectivity index (χ0) is 12.0. The standard InChI is InChI=1S/C12H17NO3/c1-9(12(15)16-2)13-7-10-3-5-11(8-14)6-4-10/h3-6,9,13-14H,7-8H2,1-2H3. The van der Waals surface area contributed by atoms with E-state index in [0.29, 0.717) is 6.54 Å². The number of hydrogen-bond donors (Lipinski definition) is 2. The predicted octanol–water partition coefficient (Wildman–Crippen LogP) is 0.830. The van der Waals surface area contributed by atoms with Crippen LogP contribution in [-0.4, -0.2) is 24.2 Å². The summed E-state index contributed by atoms with van der Waals surface area (Å²) in [5, 5.41) is 11.9. The second-order valence-corrected chi connectivity index (χ2v) is 3.60. The molecule has 4 heteroatoms. The Morgan fingerprint density at radius 3 is 2.44 bits per heavy atom. The van der Waals surface area contributed by atoms with Crippen molar-refractivity contribution in [3.8, 4) is 0 Å². The van der Waals surface area contributed by atoms with E-state index in [4.69, 9.17) is 5.11 Å². The number of carbonyl (C=O) groups is 1. The van der Waals surface area contributed by atoms with Gasteiger partial charge in [-0.1, -0.05) is 24.3 Å². The van der Waals surface area contributed by atoms with Crippen molar-refractivity contribution >= 4 is 5.97 Å². The van der Waals surface area contributed by atoms with Gasteiger partial charge in [0.2, 0.25) is 0 Å². The van der Waals surface area contributed by atoms with Crippen LogP contribution in [0.5, 0.6) is 0 Å². The molecule has 4 nitrogen and oxygen atoms in total. The Kier molecular flexibility index (Phi) is 4.95. The van der Waals surface area contributed by atoms with Gasteiger partial charge in [-0.05, 0) is 18.1 Å². The number of hydrogen-bond acceptors (Lipinski definition) is 4. The maximum Gasteiger partial charge on any atom is 0.322 e. The first-order chi connectivity index (χ1) is 7.67. The molecule has 0 radical (unpaired) electrons. The number of ether oxygens (including phenoxy) is 1. The first kappa shape index (κ1) is 12.7. The summed E-state index contributed by atoms with van der Waals surface area (Å²) >= 11 is 0. The molecule has 1 aromatic carbocycles. The number of nitrogens with one attached hydrogen (secondary N) is 1. The van der Waals surface area contributed by atoms with Gasteiger partial charge >= 0.3 is 5.97 Å². The average molecular weight is 223 g/mol. The Hall–Kier alpha value is -1.39. The number of methoxy groups -OCH3 is 1. The van der Waals surface area contributed by atoms with E-state index in [0.717, 1.165) is 11.1 Å². The van der Waals surface area contributed by atoms with Gasteiger partial charge in [-0.25, -0.2) is 0 Å². The van der Waals surface area contributed by atoms with Crippen molar-refractivity contribution in [1.82, 2.24) is 5.32 Å². The van der Waals surface area contributed by atoms with Gasteiger partial charge in [0.15, 0.2) is 0 Å². The molecule has 0 aliphatic heterocycles.